The molecule has 3 amide bonds. The van der Waals surface area contributed by atoms with Gasteiger partial charge in [-0.25, -0.2) is 8.42 Å². The topological polar surface area (TPSA) is 138 Å². The van der Waals surface area contributed by atoms with E-state index in [-0.39, 0.29) is 42.2 Å². The van der Waals surface area contributed by atoms with Gasteiger partial charge in [-0.15, -0.1) is 0 Å². The number of nitrogens with zero attached hydrogens (tertiary/aromatic N) is 4. The normalized spacial score (nSPS) is 17.7. The Morgan fingerprint density at radius 1 is 0.970 bits per heavy atom. The second-order valence-corrected chi connectivity index (χ2v) is 9.59. The summed E-state index contributed by atoms with van der Waals surface area (Å²) in [5.74, 6) is -2.21. The lowest BCUT2D eigenvalue weighted by Crippen LogP contribution is -2.55. The minimum Gasteiger partial charge on any atom is -0.338 e. The summed E-state index contributed by atoms with van der Waals surface area (Å²) in [5.41, 5.74) is -0.939. The van der Waals surface area contributed by atoms with E-state index >= 15 is 0 Å². The van der Waals surface area contributed by atoms with E-state index in [4.69, 9.17) is 0 Å². The van der Waals surface area contributed by atoms with Crippen LogP contribution in [-0.4, -0.2) is 77.4 Å². The highest BCUT2D eigenvalue weighted by molar-refractivity contribution is 7.89. The Bertz CT molecular complexity index is 1250. The van der Waals surface area contributed by atoms with Crippen molar-refractivity contribution in [3.63, 3.8) is 0 Å². The van der Waals surface area contributed by atoms with Gasteiger partial charge in [-0.1, -0.05) is 24.3 Å². The first-order chi connectivity index (χ1) is 15.6. The molecule has 0 aromatic heterocycles. The standard InChI is InChI=1S/C21H20N4O7S/c1-14(24-20(27)16-8-5-9-17(25(29)30)18(16)21(24)28)19(26)22-10-12-23(13-11-22)33(31,32)15-6-3-2-4-7-15/h2-9,14H,10-13H2,1H3. The molecule has 0 N–H and O–H groups in total. The van der Waals surface area contributed by atoms with Gasteiger partial charge in [0.05, 0.1) is 15.4 Å². The summed E-state index contributed by atoms with van der Waals surface area (Å²) in [4.78, 5) is 51.5. The van der Waals surface area contributed by atoms with E-state index in [9.17, 15) is 32.9 Å². The summed E-state index contributed by atoms with van der Waals surface area (Å²) >= 11 is 0. The van der Waals surface area contributed by atoms with Gasteiger partial charge in [-0.3, -0.25) is 29.4 Å². The number of imide groups is 1. The van der Waals surface area contributed by atoms with Crippen molar-refractivity contribution in [3.8, 4) is 0 Å². The zero-order valence-electron chi connectivity index (χ0n) is 17.6. The van der Waals surface area contributed by atoms with Gasteiger partial charge in [-0.05, 0) is 25.1 Å². The zero-order valence-corrected chi connectivity index (χ0v) is 18.4. The first-order valence-corrected chi connectivity index (χ1v) is 11.6. The second kappa shape index (κ2) is 8.37. The van der Waals surface area contributed by atoms with Crippen molar-refractivity contribution < 1.29 is 27.7 Å². The smallest absolute Gasteiger partial charge is 0.282 e. The predicted octanol–water partition coefficient (Wildman–Crippen LogP) is 1.11. The third kappa shape index (κ3) is 3.76. The van der Waals surface area contributed by atoms with Crippen LogP contribution in [0, 0.1) is 10.1 Å². The lowest BCUT2D eigenvalue weighted by molar-refractivity contribution is -0.385. The first kappa shape index (κ1) is 22.6. The number of rotatable bonds is 5. The average molecular weight is 472 g/mol. The fraction of sp³-hybridized carbons (Fsp3) is 0.286. The molecule has 1 unspecified atom stereocenters. The minimum absolute atomic E-state index is 0.0588. The monoisotopic (exact) mass is 472 g/mol. The molecule has 1 atom stereocenters. The van der Waals surface area contributed by atoms with E-state index in [2.05, 4.69) is 0 Å². The maximum Gasteiger partial charge on any atom is 0.282 e. The highest BCUT2D eigenvalue weighted by Crippen LogP contribution is 2.32. The Morgan fingerprint density at radius 3 is 2.21 bits per heavy atom. The highest BCUT2D eigenvalue weighted by atomic mass is 32.2. The predicted molar refractivity (Wildman–Crippen MR) is 115 cm³/mol. The van der Waals surface area contributed by atoms with Crippen LogP contribution in [0.5, 0.6) is 0 Å². The third-order valence-corrected chi connectivity index (χ3v) is 7.71. The fourth-order valence-corrected chi connectivity index (χ4v) is 5.50. The summed E-state index contributed by atoms with van der Waals surface area (Å²) in [6, 6.07) is 10.5. The van der Waals surface area contributed by atoms with Crippen LogP contribution in [-0.2, 0) is 14.8 Å². The molecule has 2 heterocycles. The van der Waals surface area contributed by atoms with Gasteiger partial charge < -0.3 is 4.90 Å². The van der Waals surface area contributed by atoms with Crippen LogP contribution in [0.25, 0.3) is 0 Å². The van der Waals surface area contributed by atoms with Crippen molar-refractivity contribution >= 4 is 33.4 Å². The summed E-state index contributed by atoms with van der Waals surface area (Å²) < 4.78 is 26.8. The summed E-state index contributed by atoms with van der Waals surface area (Å²) in [6.07, 6.45) is 0. The highest BCUT2D eigenvalue weighted by Gasteiger charge is 2.46. The molecule has 0 bridgehead atoms. The van der Waals surface area contributed by atoms with Gasteiger partial charge in [0.2, 0.25) is 15.9 Å². The number of sulfonamides is 1. The largest absolute Gasteiger partial charge is 0.338 e. The maximum atomic E-state index is 13.1. The molecule has 33 heavy (non-hydrogen) atoms. The molecule has 1 fully saturated rings. The van der Waals surface area contributed by atoms with Crippen LogP contribution in [0.2, 0.25) is 0 Å². The lowest BCUT2D eigenvalue weighted by Gasteiger charge is -2.36. The number of benzene rings is 2. The van der Waals surface area contributed by atoms with Crippen LogP contribution in [0.15, 0.2) is 53.4 Å². The van der Waals surface area contributed by atoms with E-state index in [1.807, 2.05) is 0 Å². The Labute approximate surface area is 189 Å². The van der Waals surface area contributed by atoms with Gasteiger partial charge in [0.1, 0.15) is 11.6 Å². The van der Waals surface area contributed by atoms with Crippen molar-refractivity contribution in [3.05, 3.63) is 69.8 Å². The fourth-order valence-electron chi connectivity index (χ4n) is 4.05. The molecule has 172 valence electrons. The molecule has 0 aliphatic carbocycles. The average Bonchev–Trinajstić information content (AvgIpc) is 3.08. The van der Waals surface area contributed by atoms with E-state index in [0.29, 0.717) is 0 Å². The SMILES string of the molecule is CC(C(=O)N1CCN(S(=O)(=O)c2ccccc2)CC1)N1C(=O)c2cccc([N+](=O)[O-])c2C1=O. The van der Waals surface area contributed by atoms with Gasteiger partial charge in [0.15, 0.2) is 0 Å². The minimum atomic E-state index is -3.70. The number of nitro groups is 1. The molecule has 0 radical (unpaired) electrons. The number of carbonyl (C=O) groups excluding carboxylic acids is 3. The summed E-state index contributed by atoms with van der Waals surface area (Å²) in [5, 5.41) is 11.3. The number of fused-ring (bicyclic) bond motifs is 1. The van der Waals surface area contributed by atoms with Crippen LogP contribution in [0.3, 0.4) is 0 Å². The number of carbonyl (C=O) groups is 3. The number of piperazine rings is 1. The second-order valence-electron chi connectivity index (χ2n) is 7.66. The summed E-state index contributed by atoms with van der Waals surface area (Å²) in [6.45, 7) is 1.66. The van der Waals surface area contributed by atoms with Gasteiger partial charge in [0.25, 0.3) is 17.5 Å². The molecule has 2 aliphatic rings. The van der Waals surface area contributed by atoms with Crippen molar-refractivity contribution in [2.75, 3.05) is 26.2 Å². The van der Waals surface area contributed by atoms with Gasteiger partial charge >= 0.3 is 0 Å². The van der Waals surface area contributed by atoms with Crippen LogP contribution >= 0.6 is 0 Å². The van der Waals surface area contributed by atoms with Crippen LogP contribution in [0.1, 0.15) is 27.6 Å². The summed E-state index contributed by atoms with van der Waals surface area (Å²) in [7, 11) is -3.70. The van der Waals surface area contributed by atoms with Crippen LogP contribution in [0.4, 0.5) is 5.69 Å². The Morgan fingerprint density at radius 2 is 1.61 bits per heavy atom. The molecule has 12 heteroatoms. The third-order valence-electron chi connectivity index (χ3n) is 5.80. The van der Waals surface area contributed by atoms with E-state index in [1.165, 1.54) is 40.4 Å². The molecule has 4 rings (SSSR count). The van der Waals surface area contributed by atoms with Crippen molar-refractivity contribution in [2.24, 2.45) is 0 Å². The van der Waals surface area contributed by atoms with Crippen LogP contribution < -0.4 is 0 Å². The molecule has 0 saturated carbocycles. The molecular formula is C21H20N4O7S. The molecule has 2 aliphatic heterocycles. The Hall–Kier alpha value is -3.64. The lowest BCUT2D eigenvalue weighted by atomic mass is 10.1. The maximum absolute atomic E-state index is 13.1. The van der Waals surface area contributed by atoms with E-state index < -0.39 is 44.4 Å². The van der Waals surface area contributed by atoms with Crippen molar-refractivity contribution in [2.45, 2.75) is 17.9 Å². The molecule has 2 aromatic carbocycles. The molecule has 1 saturated heterocycles. The number of amides is 3. The van der Waals surface area contributed by atoms with Crippen molar-refractivity contribution in [1.82, 2.24) is 14.1 Å². The van der Waals surface area contributed by atoms with E-state index in [1.54, 1.807) is 18.2 Å². The first-order valence-electron chi connectivity index (χ1n) is 10.1. The Kier molecular flexibility index (Phi) is 5.72. The van der Waals surface area contributed by atoms with Gasteiger partial charge in [0, 0.05) is 32.2 Å². The molecular weight excluding hydrogens is 452 g/mol. The quantitative estimate of drug-likeness (QED) is 0.361. The molecule has 0 spiro atoms. The van der Waals surface area contributed by atoms with Gasteiger partial charge in [-0.2, -0.15) is 4.31 Å². The number of nitro benzene ring substituents is 1. The number of hydrogen-bond donors (Lipinski definition) is 0. The Balaban J connectivity index is 1.48. The van der Waals surface area contributed by atoms with Crippen molar-refractivity contribution in [1.29, 1.82) is 0 Å². The zero-order chi connectivity index (χ0) is 23.9. The van der Waals surface area contributed by atoms with E-state index in [0.717, 1.165) is 11.0 Å². The molecule has 11 nitrogen and oxygen atoms in total. The molecule has 2 aromatic rings. The number of hydrogen-bond acceptors (Lipinski definition) is 7.